The molecule has 1 saturated heterocycles. The number of nitro groups is 1. The Balaban J connectivity index is 0.00000192. The first kappa shape index (κ1) is 17.4. The molecule has 0 radical (unpaired) electrons. The Hall–Kier alpha value is -1.93. The number of anilines is 1. The molecular formula is C14H18ClFN4O3. The first-order valence-corrected chi connectivity index (χ1v) is 7.16. The molecule has 9 heteroatoms. The van der Waals surface area contributed by atoms with Crippen LogP contribution in [0.5, 0.6) is 0 Å². The topological polar surface area (TPSA) is 115 Å². The molecule has 1 aliphatic heterocycles. The zero-order valence-corrected chi connectivity index (χ0v) is 13.1. The lowest BCUT2D eigenvalue weighted by Crippen LogP contribution is -2.34. The lowest BCUT2D eigenvalue weighted by molar-refractivity contribution is -0.384. The van der Waals surface area contributed by atoms with Gasteiger partial charge < -0.3 is 16.4 Å². The molecule has 1 aromatic rings. The highest BCUT2D eigenvalue weighted by Gasteiger charge is 2.43. The zero-order chi connectivity index (χ0) is 16.0. The number of nitrogen functional groups attached to an aromatic ring is 1. The Morgan fingerprint density at radius 1 is 1.35 bits per heavy atom. The first-order chi connectivity index (χ1) is 10.4. The summed E-state index contributed by atoms with van der Waals surface area (Å²) in [4.78, 5) is 24.2. The molecule has 126 valence electrons. The van der Waals surface area contributed by atoms with E-state index in [0.717, 1.165) is 25.0 Å². The van der Waals surface area contributed by atoms with Gasteiger partial charge in [0.2, 0.25) is 0 Å². The molecule has 3 atom stereocenters. The van der Waals surface area contributed by atoms with Crippen LogP contribution in [0.3, 0.4) is 0 Å². The summed E-state index contributed by atoms with van der Waals surface area (Å²) in [6.07, 6.45) is 1.92. The maximum absolute atomic E-state index is 13.6. The second-order valence-corrected chi connectivity index (χ2v) is 6.02. The average Bonchev–Trinajstić information content (AvgIpc) is 3.02. The summed E-state index contributed by atoms with van der Waals surface area (Å²) in [5, 5.41) is 10.9. The molecule has 0 bridgehead atoms. The van der Waals surface area contributed by atoms with Crippen molar-refractivity contribution in [1.82, 2.24) is 4.90 Å². The number of carbonyl (C=O) groups excluding carboxylic acids is 1. The fraction of sp³-hybridized carbons (Fsp3) is 0.500. The molecule has 2 fully saturated rings. The summed E-state index contributed by atoms with van der Waals surface area (Å²) in [5.41, 5.74) is 10.7. The first-order valence-electron chi connectivity index (χ1n) is 7.16. The fourth-order valence-corrected chi connectivity index (χ4v) is 3.58. The van der Waals surface area contributed by atoms with Gasteiger partial charge in [0.05, 0.1) is 16.6 Å². The molecular weight excluding hydrogens is 327 g/mol. The van der Waals surface area contributed by atoms with E-state index in [9.17, 15) is 19.3 Å². The van der Waals surface area contributed by atoms with Crippen LogP contribution < -0.4 is 11.5 Å². The number of fused-ring (bicyclic) bond motifs is 1. The number of hydrogen-bond acceptors (Lipinski definition) is 5. The predicted octanol–water partition coefficient (Wildman–Crippen LogP) is 1.55. The van der Waals surface area contributed by atoms with Crippen LogP contribution in [0, 0.1) is 27.8 Å². The van der Waals surface area contributed by atoms with Gasteiger partial charge in [-0.15, -0.1) is 12.4 Å². The lowest BCUT2D eigenvalue weighted by Gasteiger charge is -2.19. The zero-order valence-electron chi connectivity index (χ0n) is 12.3. The molecule has 2 aliphatic rings. The molecule has 23 heavy (non-hydrogen) atoms. The predicted molar refractivity (Wildman–Crippen MR) is 84.8 cm³/mol. The van der Waals surface area contributed by atoms with Crippen LogP contribution in [0.25, 0.3) is 0 Å². The maximum Gasteiger partial charge on any atom is 0.295 e. The minimum atomic E-state index is -0.847. The van der Waals surface area contributed by atoms with Gasteiger partial charge in [-0.2, -0.15) is 0 Å². The van der Waals surface area contributed by atoms with Crippen molar-refractivity contribution in [2.24, 2.45) is 17.6 Å². The van der Waals surface area contributed by atoms with Gasteiger partial charge >= 0.3 is 0 Å². The monoisotopic (exact) mass is 344 g/mol. The number of rotatable bonds is 2. The van der Waals surface area contributed by atoms with Gasteiger partial charge in [-0.05, 0) is 30.7 Å². The fourth-order valence-electron chi connectivity index (χ4n) is 3.58. The summed E-state index contributed by atoms with van der Waals surface area (Å²) in [6.45, 7) is 1.04. The van der Waals surface area contributed by atoms with E-state index in [1.165, 1.54) is 0 Å². The molecule has 7 nitrogen and oxygen atoms in total. The smallest absolute Gasteiger partial charge is 0.295 e. The molecule has 1 aromatic carbocycles. The normalized spacial score (nSPS) is 25.8. The Kier molecular flexibility index (Phi) is 4.76. The molecule has 1 heterocycles. The highest BCUT2D eigenvalue weighted by molar-refractivity contribution is 6.01. The Bertz CT molecular complexity index is 657. The van der Waals surface area contributed by atoms with E-state index in [1.807, 2.05) is 0 Å². The van der Waals surface area contributed by atoms with Crippen molar-refractivity contribution < 1.29 is 14.1 Å². The molecule has 0 aromatic heterocycles. The minimum Gasteiger partial charge on any atom is -0.393 e. The van der Waals surface area contributed by atoms with Crippen molar-refractivity contribution >= 4 is 29.7 Å². The van der Waals surface area contributed by atoms with E-state index >= 15 is 0 Å². The standard InChI is InChI=1S/C14H17FN4O3.ClH/c15-8-3-9(13(17)12(4-8)19(21)22)14(20)18-5-7-1-2-11(16)10(7)6-18;/h3-4,7,10-11H,1-2,5-6,16-17H2;1H. The van der Waals surface area contributed by atoms with Crippen molar-refractivity contribution in [3.8, 4) is 0 Å². The second kappa shape index (κ2) is 6.29. The average molecular weight is 345 g/mol. The van der Waals surface area contributed by atoms with E-state index in [4.69, 9.17) is 11.5 Å². The van der Waals surface area contributed by atoms with Crippen LogP contribution >= 0.6 is 12.4 Å². The molecule has 1 saturated carbocycles. The van der Waals surface area contributed by atoms with E-state index in [1.54, 1.807) is 4.90 Å². The van der Waals surface area contributed by atoms with E-state index in [0.29, 0.717) is 19.0 Å². The highest BCUT2D eigenvalue weighted by Crippen LogP contribution is 2.38. The van der Waals surface area contributed by atoms with E-state index < -0.39 is 22.3 Å². The van der Waals surface area contributed by atoms with Crippen LogP contribution in [0.15, 0.2) is 12.1 Å². The second-order valence-electron chi connectivity index (χ2n) is 6.02. The van der Waals surface area contributed by atoms with Gasteiger partial charge in [0.15, 0.2) is 0 Å². The molecule has 4 N–H and O–H groups in total. The van der Waals surface area contributed by atoms with Crippen LogP contribution in [0.4, 0.5) is 15.8 Å². The number of amides is 1. The number of benzene rings is 1. The number of nitro benzene ring substituents is 1. The third kappa shape index (κ3) is 2.96. The van der Waals surface area contributed by atoms with Crippen molar-refractivity contribution in [2.75, 3.05) is 18.8 Å². The van der Waals surface area contributed by atoms with Gasteiger partial charge in [-0.1, -0.05) is 0 Å². The van der Waals surface area contributed by atoms with Crippen molar-refractivity contribution in [2.45, 2.75) is 18.9 Å². The van der Waals surface area contributed by atoms with Crippen molar-refractivity contribution in [3.63, 3.8) is 0 Å². The van der Waals surface area contributed by atoms with E-state index in [2.05, 4.69) is 0 Å². The number of carbonyl (C=O) groups is 1. The number of nitrogens with zero attached hydrogens (tertiary/aromatic N) is 2. The number of nitrogens with two attached hydrogens (primary N) is 2. The maximum atomic E-state index is 13.6. The van der Waals surface area contributed by atoms with Gasteiger partial charge in [0, 0.05) is 19.1 Å². The van der Waals surface area contributed by atoms with Gasteiger partial charge in [0.25, 0.3) is 11.6 Å². The summed E-state index contributed by atoms with van der Waals surface area (Å²) in [7, 11) is 0. The van der Waals surface area contributed by atoms with Crippen LogP contribution in [0.1, 0.15) is 23.2 Å². The summed E-state index contributed by atoms with van der Waals surface area (Å²) >= 11 is 0. The van der Waals surface area contributed by atoms with E-state index in [-0.39, 0.29) is 35.6 Å². The number of hydrogen-bond donors (Lipinski definition) is 2. The Morgan fingerprint density at radius 3 is 2.65 bits per heavy atom. The third-order valence-corrected chi connectivity index (χ3v) is 4.75. The number of halogens is 2. The van der Waals surface area contributed by atoms with Gasteiger partial charge in [-0.3, -0.25) is 14.9 Å². The molecule has 3 rings (SSSR count). The van der Waals surface area contributed by atoms with Crippen molar-refractivity contribution in [1.29, 1.82) is 0 Å². The number of likely N-dealkylation sites (tertiary alicyclic amines) is 1. The summed E-state index contributed by atoms with van der Waals surface area (Å²) in [6, 6.07) is 1.75. The molecule has 3 unspecified atom stereocenters. The summed E-state index contributed by atoms with van der Waals surface area (Å²) in [5.74, 6) is -0.723. The molecule has 1 aliphatic carbocycles. The third-order valence-electron chi connectivity index (χ3n) is 4.75. The Labute approximate surface area is 138 Å². The summed E-state index contributed by atoms with van der Waals surface area (Å²) < 4.78 is 13.6. The molecule has 1 amide bonds. The lowest BCUT2D eigenvalue weighted by atomic mass is 9.98. The van der Waals surface area contributed by atoms with Crippen LogP contribution in [-0.4, -0.2) is 34.9 Å². The molecule has 0 spiro atoms. The minimum absolute atomic E-state index is 0. The van der Waals surface area contributed by atoms with Crippen LogP contribution in [0.2, 0.25) is 0 Å². The Morgan fingerprint density at radius 2 is 2.04 bits per heavy atom. The highest BCUT2D eigenvalue weighted by atomic mass is 35.5. The van der Waals surface area contributed by atoms with Crippen molar-refractivity contribution in [3.05, 3.63) is 33.6 Å². The largest absolute Gasteiger partial charge is 0.393 e. The van der Waals surface area contributed by atoms with Crippen LogP contribution in [-0.2, 0) is 0 Å². The quantitative estimate of drug-likeness (QED) is 0.479. The SMILES string of the molecule is Cl.Nc1c(C(=O)N2CC3CCC(N)C3C2)cc(F)cc1[N+](=O)[O-]. The van der Waals surface area contributed by atoms with Gasteiger partial charge in [-0.25, -0.2) is 4.39 Å². The van der Waals surface area contributed by atoms with Gasteiger partial charge in [0.1, 0.15) is 11.5 Å².